The molecule has 0 aromatic heterocycles. The molecule has 1 saturated carbocycles. The summed E-state index contributed by atoms with van der Waals surface area (Å²) >= 11 is 0. The van der Waals surface area contributed by atoms with Gasteiger partial charge in [-0.25, -0.2) is 4.79 Å². The zero-order valence-electron chi connectivity index (χ0n) is 18.2. The van der Waals surface area contributed by atoms with Gasteiger partial charge in [-0.3, -0.25) is 29.6 Å². The first-order valence-electron chi connectivity index (χ1n) is 11.7. The van der Waals surface area contributed by atoms with Gasteiger partial charge in [-0.05, 0) is 38.8 Å². The Kier molecular flexibility index (Phi) is 6.76. The summed E-state index contributed by atoms with van der Waals surface area (Å²) in [5.41, 5.74) is 1.66. The van der Waals surface area contributed by atoms with Gasteiger partial charge in [0.25, 0.3) is 5.91 Å². The Bertz CT molecular complexity index is 709. The number of nitrogens with zero attached hydrogens (tertiary/aromatic N) is 4. The summed E-state index contributed by atoms with van der Waals surface area (Å²) in [5, 5.41) is 3.66. The molecule has 10 heteroatoms. The number of urea groups is 1. The van der Waals surface area contributed by atoms with Gasteiger partial charge in [0.05, 0.1) is 6.54 Å². The van der Waals surface area contributed by atoms with Crippen molar-refractivity contribution in [2.45, 2.75) is 56.9 Å². The van der Waals surface area contributed by atoms with Crippen LogP contribution in [0.15, 0.2) is 0 Å². The molecule has 0 radical (unpaired) electrons. The van der Waals surface area contributed by atoms with Gasteiger partial charge < -0.3 is 10.2 Å². The van der Waals surface area contributed by atoms with Crippen LogP contribution in [0.5, 0.6) is 0 Å². The predicted molar refractivity (Wildman–Crippen MR) is 113 cm³/mol. The number of hydrogen-bond donors (Lipinski definition) is 2. The van der Waals surface area contributed by atoms with Gasteiger partial charge in [-0.2, -0.15) is 5.01 Å². The van der Waals surface area contributed by atoms with Crippen molar-refractivity contribution in [3.8, 4) is 0 Å². The van der Waals surface area contributed by atoms with E-state index in [-0.39, 0.29) is 24.1 Å². The lowest BCUT2D eigenvalue weighted by Gasteiger charge is -2.35. The summed E-state index contributed by atoms with van der Waals surface area (Å²) in [5.74, 6) is -0.492. The van der Waals surface area contributed by atoms with Crippen LogP contribution in [-0.4, -0.2) is 101 Å². The molecule has 3 heterocycles. The van der Waals surface area contributed by atoms with Crippen LogP contribution in [0.1, 0.15) is 51.4 Å². The molecule has 172 valence electrons. The highest BCUT2D eigenvalue weighted by atomic mass is 16.2. The van der Waals surface area contributed by atoms with Crippen molar-refractivity contribution in [2.75, 3.05) is 52.4 Å². The average molecular weight is 435 g/mol. The van der Waals surface area contributed by atoms with E-state index in [0.717, 1.165) is 50.5 Å². The first kappa shape index (κ1) is 22.0. The number of piperazine rings is 1. The normalized spacial score (nSPS) is 24.6. The number of likely N-dealkylation sites (tertiary alicyclic amines) is 1. The highest BCUT2D eigenvalue weighted by Crippen LogP contribution is 2.33. The summed E-state index contributed by atoms with van der Waals surface area (Å²) in [6.45, 7) is 5.87. The molecule has 3 saturated heterocycles. The van der Waals surface area contributed by atoms with E-state index in [1.54, 1.807) is 0 Å². The predicted octanol–water partition coefficient (Wildman–Crippen LogP) is -0.0976. The highest BCUT2D eigenvalue weighted by molar-refractivity contribution is 6.08. The summed E-state index contributed by atoms with van der Waals surface area (Å²) < 4.78 is 0. The molecule has 0 aromatic carbocycles. The van der Waals surface area contributed by atoms with E-state index in [1.165, 1.54) is 12.8 Å². The molecule has 0 bridgehead atoms. The summed E-state index contributed by atoms with van der Waals surface area (Å²) in [6.07, 6.45) is 6.68. The number of carbonyl (C=O) groups excluding carboxylic acids is 4. The van der Waals surface area contributed by atoms with Gasteiger partial charge in [0, 0.05) is 39.1 Å². The van der Waals surface area contributed by atoms with E-state index in [2.05, 4.69) is 20.5 Å². The Balaban J connectivity index is 1.17. The second-order valence-corrected chi connectivity index (χ2v) is 9.20. The van der Waals surface area contributed by atoms with Crippen molar-refractivity contribution >= 4 is 23.8 Å². The van der Waals surface area contributed by atoms with Crippen LogP contribution in [0.25, 0.3) is 0 Å². The van der Waals surface area contributed by atoms with Gasteiger partial charge in [-0.15, -0.1) is 0 Å². The number of hydrazine groups is 1. The van der Waals surface area contributed by atoms with Gasteiger partial charge in [0.15, 0.2) is 0 Å². The van der Waals surface area contributed by atoms with E-state index < -0.39 is 11.6 Å². The van der Waals surface area contributed by atoms with Crippen molar-refractivity contribution in [3.05, 3.63) is 0 Å². The fourth-order valence-electron chi connectivity index (χ4n) is 5.11. The molecular weight excluding hydrogens is 400 g/mol. The third-order valence-electron chi connectivity index (χ3n) is 7.04. The minimum atomic E-state index is -0.833. The fourth-order valence-corrected chi connectivity index (χ4v) is 5.11. The molecule has 4 rings (SSSR count). The topological polar surface area (TPSA) is 105 Å². The van der Waals surface area contributed by atoms with Gasteiger partial charge in [-0.1, -0.05) is 19.3 Å². The van der Waals surface area contributed by atoms with Crippen LogP contribution in [0, 0.1) is 0 Å². The number of carbonyl (C=O) groups is 4. The van der Waals surface area contributed by atoms with E-state index in [4.69, 9.17) is 0 Å². The second-order valence-electron chi connectivity index (χ2n) is 9.20. The molecule has 3 aliphatic heterocycles. The summed E-state index contributed by atoms with van der Waals surface area (Å²) in [7, 11) is 0. The molecular formula is C21H34N6O4. The maximum atomic E-state index is 12.7. The molecule has 1 spiro atoms. The third kappa shape index (κ3) is 5.01. The molecule has 0 unspecified atom stereocenters. The number of nitrogens with one attached hydrogen (secondary N) is 2. The molecule has 4 aliphatic rings. The highest BCUT2D eigenvalue weighted by Gasteiger charge is 2.52. The zero-order chi connectivity index (χ0) is 21.8. The smallest absolute Gasteiger partial charge is 0.339 e. The van der Waals surface area contributed by atoms with Crippen molar-refractivity contribution in [1.29, 1.82) is 0 Å². The third-order valence-corrected chi connectivity index (χ3v) is 7.04. The number of amides is 5. The van der Waals surface area contributed by atoms with Crippen LogP contribution in [0.3, 0.4) is 0 Å². The molecule has 2 N–H and O–H groups in total. The Morgan fingerprint density at radius 1 is 0.871 bits per heavy atom. The first-order valence-corrected chi connectivity index (χ1v) is 11.7. The average Bonchev–Trinajstić information content (AvgIpc) is 3.36. The maximum absolute atomic E-state index is 12.7. The van der Waals surface area contributed by atoms with Crippen molar-refractivity contribution < 1.29 is 19.2 Å². The Morgan fingerprint density at radius 2 is 1.55 bits per heavy atom. The Hall–Kier alpha value is -2.20. The van der Waals surface area contributed by atoms with Crippen LogP contribution < -0.4 is 10.7 Å². The molecule has 10 nitrogen and oxygen atoms in total. The van der Waals surface area contributed by atoms with Gasteiger partial charge in [0.2, 0.25) is 11.8 Å². The first-order chi connectivity index (χ1) is 15.0. The number of hydrogen-bond acceptors (Lipinski definition) is 6. The minimum absolute atomic E-state index is 0.189. The Labute approximate surface area is 183 Å². The lowest BCUT2D eigenvalue weighted by molar-refractivity contribution is -0.140. The lowest BCUT2D eigenvalue weighted by atomic mass is 9.82. The lowest BCUT2D eigenvalue weighted by Crippen LogP contribution is -2.52. The second kappa shape index (κ2) is 9.52. The van der Waals surface area contributed by atoms with Crippen molar-refractivity contribution in [1.82, 2.24) is 30.5 Å². The largest absolute Gasteiger partial charge is 0.344 e. The molecule has 1 aliphatic carbocycles. The zero-order valence-corrected chi connectivity index (χ0v) is 18.2. The van der Waals surface area contributed by atoms with E-state index in [0.29, 0.717) is 39.0 Å². The van der Waals surface area contributed by atoms with Crippen molar-refractivity contribution in [2.24, 2.45) is 0 Å². The molecule has 4 fully saturated rings. The van der Waals surface area contributed by atoms with E-state index >= 15 is 0 Å². The standard InChI is InChI=1S/C21H34N6O4/c28-17(23-27-19(30)21(22-20(27)31)7-2-1-3-8-21)6-11-24-12-14-26(15-13-24)18(29)16-25-9-4-5-10-25/h1-16H2,(H,22,31)(H,23,28). The van der Waals surface area contributed by atoms with E-state index in [1.807, 2.05) is 4.90 Å². The SMILES string of the molecule is O=C(CCN1CCN(C(=O)CN2CCCC2)CC1)NN1C(=O)NC2(CCCCC2)C1=O. The van der Waals surface area contributed by atoms with Crippen LogP contribution in [0.2, 0.25) is 0 Å². The maximum Gasteiger partial charge on any atom is 0.344 e. The molecule has 5 amide bonds. The molecule has 0 atom stereocenters. The molecule has 0 aromatic rings. The Morgan fingerprint density at radius 3 is 2.23 bits per heavy atom. The number of rotatable bonds is 6. The van der Waals surface area contributed by atoms with Gasteiger partial charge in [0.1, 0.15) is 5.54 Å². The minimum Gasteiger partial charge on any atom is -0.339 e. The quantitative estimate of drug-likeness (QED) is 0.566. The van der Waals surface area contributed by atoms with Crippen LogP contribution in [0.4, 0.5) is 4.79 Å². The van der Waals surface area contributed by atoms with Crippen LogP contribution in [-0.2, 0) is 14.4 Å². The van der Waals surface area contributed by atoms with E-state index in [9.17, 15) is 19.2 Å². The van der Waals surface area contributed by atoms with Gasteiger partial charge >= 0.3 is 6.03 Å². The molecule has 31 heavy (non-hydrogen) atoms. The number of imide groups is 1. The fraction of sp³-hybridized carbons (Fsp3) is 0.810. The summed E-state index contributed by atoms with van der Waals surface area (Å²) in [6, 6.07) is -0.537. The van der Waals surface area contributed by atoms with Crippen LogP contribution >= 0.6 is 0 Å². The summed E-state index contributed by atoms with van der Waals surface area (Å²) in [4.78, 5) is 56.1. The van der Waals surface area contributed by atoms with Crippen molar-refractivity contribution in [3.63, 3.8) is 0 Å². The monoisotopic (exact) mass is 434 g/mol.